The Kier molecular flexibility index (Phi) is 4.23. The maximum atomic E-state index is 13.1. The summed E-state index contributed by atoms with van der Waals surface area (Å²) in [4.78, 5) is 7.20. The van der Waals surface area contributed by atoms with Gasteiger partial charge in [0, 0.05) is 36.1 Å². The average molecular weight is 316 g/mol. The highest BCUT2D eigenvalue weighted by Gasteiger charge is 2.22. The topological polar surface area (TPSA) is 46.5 Å². The van der Waals surface area contributed by atoms with Gasteiger partial charge in [-0.05, 0) is 36.6 Å². The van der Waals surface area contributed by atoms with Crippen LogP contribution >= 0.6 is 0 Å². The van der Waals surface area contributed by atoms with Crippen LogP contribution in [0.1, 0.15) is 40.5 Å². The van der Waals surface area contributed by atoms with E-state index in [1.54, 1.807) is 18.6 Å². The third kappa shape index (κ3) is 3.02. The summed E-state index contributed by atoms with van der Waals surface area (Å²) in [6.45, 7) is 1.46. The van der Waals surface area contributed by atoms with Gasteiger partial charge in [0.05, 0.1) is 6.33 Å². The third-order valence-corrected chi connectivity index (χ3v) is 4.27. The molecule has 23 heavy (non-hydrogen) atoms. The maximum Gasteiger partial charge on any atom is 0.333 e. The molecule has 1 N–H and O–H groups in total. The van der Waals surface area contributed by atoms with Crippen molar-refractivity contribution < 1.29 is 8.78 Å². The number of halogens is 2. The minimum absolute atomic E-state index is 0.0772. The summed E-state index contributed by atoms with van der Waals surface area (Å²) >= 11 is 0. The molecule has 3 aromatic rings. The molecular formula is C17H18F2N4. The van der Waals surface area contributed by atoms with Gasteiger partial charge in [-0.3, -0.25) is 0 Å². The van der Waals surface area contributed by atoms with E-state index in [2.05, 4.69) is 22.0 Å². The number of hydrogen-bond donors (Lipinski definition) is 1. The first-order chi connectivity index (χ1) is 11.1. The van der Waals surface area contributed by atoms with Crippen LogP contribution in [0.2, 0.25) is 0 Å². The third-order valence-electron chi connectivity index (χ3n) is 4.27. The zero-order valence-electron chi connectivity index (χ0n) is 13.0. The number of aromatic nitrogens is 4. The fourth-order valence-electron chi connectivity index (χ4n) is 2.88. The summed E-state index contributed by atoms with van der Waals surface area (Å²) in [5, 5.41) is 3.72. The summed E-state index contributed by atoms with van der Waals surface area (Å²) in [5.74, 6) is -0.0772. The summed E-state index contributed by atoms with van der Waals surface area (Å²) in [7, 11) is 0. The lowest BCUT2D eigenvalue weighted by atomic mass is 9.87. The Morgan fingerprint density at radius 1 is 1.22 bits per heavy atom. The number of alkyl halides is 2. The molecule has 3 rings (SSSR count). The minimum Gasteiger partial charge on any atom is -0.348 e. The van der Waals surface area contributed by atoms with Crippen LogP contribution in [0, 0.1) is 13.8 Å². The zero-order valence-corrected chi connectivity index (χ0v) is 13.0. The lowest BCUT2D eigenvalue weighted by Gasteiger charge is -2.20. The molecule has 4 nitrogen and oxygen atoms in total. The van der Waals surface area contributed by atoms with Crippen molar-refractivity contribution >= 4 is 0 Å². The largest absolute Gasteiger partial charge is 0.348 e. The molecule has 1 atom stereocenters. The Balaban J connectivity index is 2.04. The van der Waals surface area contributed by atoms with Crippen LogP contribution in [0.4, 0.5) is 8.78 Å². The molecule has 6 heteroatoms. The highest BCUT2D eigenvalue weighted by Crippen LogP contribution is 2.31. The number of hydrogen-bond acceptors (Lipinski definition) is 2. The first kappa shape index (κ1) is 15.4. The predicted molar refractivity (Wildman–Crippen MR) is 83.5 cm³/mol. The van der Waals surface area contributed by atoms with Gasteiger partial charge < -0.3 is 4.98 Å². The van der Waals surface area contributed by atoms with Crippen molar-refractivity contribution in [2.24, 2.45) is 0 Å². The highest BCUT2D eigenvalue weighted by molar-refractivity contribution is 5.40. The van der Waals surface area contributed by atoms with Crippen LogP contribution < -0.4 is 0 Å². The first-order valence-electron chi connectivity index (χ1n) is 7.43. The van der Waals surface area contributed by atoms with Gasteiger partial charge in [-0.1, -0.05) is 18.2 Å². The van der Waals surface area contributed by atoms with E-state index in [-0.39, 0.29) is 5.92 Å². The molecule has 0 bridgehead atoms. The van der Waals surface area contributed by atoms with E-state index >= 15 is 0 Å². The second-order valence-corrected chi connectivity index (χ2v) is 5.60. The number of benzene rings is 1. The molecule has 0 radical (unpaired) electrons. The van der Waals surface area contributed by atoms with Gasteiger partial charge in [0.2, 0.25) is 0 Å². The highest BCUT2D eigenvalue weighted by atomic mass is 19.3. The quantitative estimate of drug-likeness (QED) is 0.773. The lowest BCUT2D eigenvalue weighted by Crippen LogP contribution is -2.13. The number of imidazole rings is 1. The van der Waals surface area contributed by atoms with Crippen molar-refractivity contribution in [1.82, 2.24) is 19.7 Å². The molecule has 0 saturated carbocycles. The lowest BCUT2D eigenvalue weighted by molar-refractivity contribution is 0.0533. The van der Waals surface area contributed by atoms with Crippen molar-refractivity contribution in [2.75, 3.05) is 0 Å². The number of H-pyrrole nitrogens is 1. The fraction of sp³-hybridized carbons (Fsp3) is 0.294. The Labute approximate surface area is 133 Å². The van der Waals surface area contributed by atoms with Crippen molar-refractivity contribution in [3.8, 4) is 0 Å². The number of rotatable bonds is 5. The average Bonchev–Trinajstić information content (AvgIpc) is 3.18. The molecule has 120 valence electrons. The van der Waals surface area contributed by atoms with Gasteiger partial charge in [0.15, 0.2) is 0 Å². The Morgan fingerprint density at radius 2 is 2.04 bits per heavy atom. The molecule has 2 heterocycles. The van der Waals surface area contributed by atoms with E-state index in [0.29, 0.717) is 12.1 Å². The number of aryl methyl sites for hydroxylation is 1. The smallest absolute Gasteiger partial charge is 0.333 e. The van der Waals surface area contributed by atoms with Gasteiger partial charge in [0.1, 0.15) is 0 Å². The van der Waals surface area contributed by atoms with Crippen LogP contribution in [-0.4, -0.2) is 19.7 Å². The maximum absolute atomic E-state index is 13.1. The predicted octanol–water partition coefficient (Wildman–Crippen LogP) is 3.99. The van der Waals surface area contributed by atoms with E-state index in [0.717, 1.165) is 21.5 Å². The van der Waals surface area contributed by atoms with Crippen LogP contribution in [-0.2, 0) is 6.42 Å². The standard InChI is InChI=1S/C17H18F2N4/c1-11-4-3-5-14(12(11)2)15(16-9-20-10-21-16)8-13-6-7-22-23(13)17(18)19/h3-7,9-10,15,17H,8H2,1-2H3,(H,20,21)/t15-/m0/s1. The minimum atomic E-state index is -2.64. The Morgan fingerprint density at radius 3 is 2.74 bits per heavy atom. The molecule has 0 amide bonds. The van der Waals surface area contributed by atoms with E-state index in [4.69, 9.17) is 0 Å². The van der Waals surface area contributed by atoms with Gasteiger partial charge >= 0.3 is 6.55 Å². The molecule has 2 aromatic heterocycles. The monoisotopic (exact) mass is 316 g/mol. The van der Waals surface area contributed by atoms with Crippen LogP contribution in [0.15, 0.2) is 43.0 Å². The van der Waals surface area contributed by atoms with Gasteiger partial charge in [-0.2, -0.15) is 13.9 Å². The summed E-state index contributed by atoms with van der Waals surface area (Å²) in [5.41, 5.74) is 4.85. The van der Waals surface area contributed by atoms with E-state index < -0.39 is 6.55 Å². The molecule has 0 aliphatic rings. The zero-order chi connectivity index (χ0) is 16.4. The second-order valence-electron chi connectivity index (χ2n) is 5.60. The molecular weight excluding hydrogens is 298 g/mol. The Hall–Kier alpha value is -2.50. The van der Waals surface area contributed by atoms with E-state index in [9.17, 15) is 8.78 Å². The van der Waals surface area contributed by atoms with Crippen LogP contribution in [0.25, 0.3) is 0 Å². The molecule has 0 saturated heterocycles. The van der Waals surface area contributed by atoms with Crippen molar-refractivity contribution in [3.63, 3.8) is 0 Å². The van der Waals surface area contributed by atoms with E-state index in [1.165, 1.54) is 11.8 Å². The summed E-state index contributed by atoms with van der Waals surface area (Å²) < 4.78 is 26.9. The molecule has 0 aliphatic carbocycles. The van der Waals surface area contributed by atoms with Gasteiger partial charge in [0.25, 0.3) is 0 Å². The van der Waals surface area contributed by atoms with Gasteiger partial charge in [-0.25, -0.2) is 9.67 Å². The summed E-state index contributed by atoms with van der Waals surface area (Å²) in [6, 6.07) is 7.72. The Bertz CT molecular complexity index is 778. The molecule has 0 unspecified atom stereocenters. The van der Waals surface area contributed by atoms with Crippen LogP contribution in [0.3, 0.4) is 0 Å². The van der Waals surface area contributed by atoms with E-state index in [1.807, 2.05) is 25.1 Å². The number of aromatic amines is 1. The first-order valence-corrected chi connectivity index (χ1v) is 7.43. The number of nitrogens with zero attached hydrogens (tertiary/aromatic N) is 3. The SMILES string of the molecule is Cc1cccc([C@H](Cc2ccnn2C(F)F)c2cnc[nH]2)c1C. The fourth-order valence-corrected chi connectivity index (χ4v) is 2.88. The summed E-state index contributed by atoms with van der Waals surface area (Å²) in [6.07, 6.45) is 5.19. The van der Waals surface area contributed by atoms with Crippen molar-refractivity contribution in [2.45, 2.75) is 32.7 Å². The molecule has 0 spiro atoms. The van der Waals surface area contributed by atoms with Crippen molar-refractivity contribution in [3.05, 3.63) is 71.1 Å². The molecule has 0 fully saturated rings. The molecule has 0 aliphatic heterocycles. The number of nitrogens with one attached hydrogen (secondary N) is 1. The van der Waals surface area contributed by atoms with Crippen LogP contribution in [0.5, 0.6) is 0 Å². The normalized spacial score (nSPS) is 12.7. The van der Waals surface area contributed by atoms with Crippen molar-refractivity contribution in [1.29, 1.82) is 0 Å². The van der Waals surface area contributed by atoms with Gasteiger partial charge in [-0.15, -0.1) is 0 Å². The second kappa shape index (κ2) is 6.32. The molecule has 1 aromatic carbocycles.